The highest BCUT2D eigenvalue weighted by Crippen LogP contribution is 2.26. The number of hydrogen-bond donors (Lipinski definition) is 4. The summed E-state index contributed by atoms with van der Waals surface area (Å²) >= 11 is 5.60. The molecule has 0 fully saturated rings. The van der Waals surface area contributed by atoms with Gasteiger partial charge in [-0.05, 0) is 29.8 Å². The smallest absolute Gasteiger partial charge is 0.316 e. The second-order valence-electron chi connectivity index (χ2n) is 4.63. The van der Waals surface area contributed by atoms with Crippen molar-refractivity contribution in [3.8, 4) is 5.75 Å². The van der Waals surface area contributed by atoms with E-state index in [1.807, 2.05) is 0 Å². The van der Waals surface area contributed by atoms with Gasteiger partial charge in [0, 0.05) is 12.2 Å². The number of aromatic hydroxyl groups is 1. The number of urea groups is 1. The van der Waals surface area contributed by atoms with Crippen LogP contribution in [0.5, 0.6) is 5.75 Å². The van der Waals surface area contributed by atoms with Crippen LogP contribution in [0, 0.1) is 5.82 Å². The van der Waals surface area contributed by atoms with Crippen molar-refractivity contribution in [3.63, 3.8) is 0 Å². The fourth-order valence-corrected chi connectivity index (χ4v) is 2.09. The molecule has 2 rings (SSSR count). The zero-order chi connectivity index (χ0) is 17.0. The molecule has 0 aliphatic rings. The molecular formula is C15H13ClFN3O3. The lowest BCUT2D eigenvalue weighted by Crippen LogP contribution is -2.24. The first-order valence-electron chi connectivity index (χ1n) is 6.49. The maximum Gasteiger partial charge on any atom is 0.316 e. The van der Waals surface area contributed by atoms with Crippen LogP contribution in [0.4, 0.5) is 14.9 Å². The van der Waals surface area contributed by atoms with E-state index < -0.39 is 29.1 Å². The number of rotatable bonds is 4. The molecule has 0 saturated heterocycles. The van der Waals surface area contributed by atoms with Crippen molar-refractivity contribution in [2.24, 2.45) is 5.73 Å². The topological polar surface area (TPSA) is 104 Å². The third-order valence-electron chi connectivity index (χ3n) is 2.95. The first kappa shape index (κ1) is 16.6. The van der Waals surface area contributed by atoms with Gasteiger partial charge in [0.2, 0.25) is 0 Å². The quantitative estimate of drug-likeness (QED) is 0.689. The van der Waals surface area contributed by atoms with Crippen molar-refractivity contribution < 1.29 is 19.1 Å². The van der Waals surface area contributed by atoms with Crippen LogP contribution in [0.15, 0.2) is 36.4 Å². The molecule has 0 heterocycles. The van der Waals surface area contributed by atoms with Gasteiger partial charge in [0.15, 0.2) is 5.82 Å². The number of halogens is 2. The van der Waals surface area contributed by atoms with Gasteiger partial charge in [-0.25, -0.2) is 9.18 Å². The van der Waals surface area contributed by atoms with Crippen molar-refractivity contribution >= 4 is 29.2 Å². The molecule has 8 heteroatoms. The van der Waals surface area contributed by atoms with E-state index in [-0.39, 0.29) is 11.6 Å². The molecule has 0 spiro atoms. The van der Waals surface area contributed by atoms with E-state index in [4.69, 9.17) is 17.3 Å². The third kappa shape index (κ3) is 4.10. The van der Waals surface area contributed by atoms with Crippen molar-refractivity contribution in [1.29, 1.82) is 0 Å². The Labute approximate surface area is 136 Å². The highest BCUT2D eigenvalue weighted by atomic mass is 35.5. The number of phenolic OH excluding ortho intramolecular Hbond substituents is 1. The van der Waals surface area contributed by atoms with E-state index in [1.165, 1.54) is 0 Å². The van der Waals surface area contributed by atoms with Crippen LogP contribution in [0.25, 0.3) is 0 Å². The van der Waals surface area contributed by atoms with Gasteiger partial charge in [-0.15, -0.1) is 0 Å². The van der Waals surface area contributed by atoms with Crippen molar-refractivity contribution in [3.05, 3.63) is 58.4 Å². The second kappa shape index (κ2) is 6.97. The largest absolute Gasteiger partial charge is 0.507 e. The molecule has 2 aromatic carbocycles. The van der Waals surface area contributed by atoms with Crippen molar-refractivity contribution in [2.75, 3.05) is 5.32 Å². The minimum Gasteiger partial charge on any atom is -0.507 e. The first-order valence-corrected chi connectivity index (χ1v) is 6.87. The predicted octanol–water partition coefficient (Wildman–Crippen LogP) is 2.61. The Morgan fingerprint density at radius 3 is 2.70 bits per heavy atom. The van der Waals surface area contributed by atoms with Crippen LogP contribution in [0.3, 0.4) is 0 Å². The maximum atomic E-state index is 13.8. The average molecular weight is 338 g/mol. The number of nitrogens with one attached hydrogen (secondary N) is 2. The van der Waals surface area contributed by atoms with Gasteiger partial charge in [-0.1, -0.05) is 23.7 Å². The van der Waals surface area contributed by atoms with Crippen LogP contribution >= 0.6 is 11.6 Å². The lowest BCUT2D eigenvalue weighted by Gasteiger charge is -2.10. The maximum absolute atomic E-state index is 13.8. The van der Waals surface area contributed by atoms with Crippen LogP contribution in [-0.4, -0.2) is 17.0 Å². The zero-order valence-electron chi connectivity index (χ0n) is 11.8. The molecule has 0 bridgehead atoms. The average Bonchev–Trinajstić information content (AvgIpc) is 2.49. The van der Waals surface area contributed by atoms with E-state index in [0.717, 1.165) is 12.1 Å². The molecule has 0 aromatic heterocycles. The summed E-state index contributed by atoms with van der Waals surface area (Å²) in [7, 11) is 0. The minimum absolute atomic E-state index is 0.0541. The molecule has 0 aliphatic carbocycles. The Kier molecular flexibility index (Phi) is 5.02. The van der Waals surface area contributed by atoms with Crippen LogP contribution < -0.4 is 16.4 Å². The van der Waals surface area contributed by atoms with Gasteiger partial charge in [0.25, 0.3) is 5.91 Å². The summed E-state index contributed by atoms with van der Waals surface area (Å²) < 4.78 is 13.8. The number of primary amides is 1. The monoisotopic (exact) mass is 337 g/mol. The van der Waals surface area contributed by atoms with Gasteiger partial charge < -0.3 is 21.5 Å². The second-order valence-corrected chi connectivity index (χ2v) is 5.03. The normalized spacial score (nSPS) is 10.2. The summed E-state index contributed by atoms with van der Waals surface area (Å²) in [5.74, 6) is -2.31. The number of anilines is 1. The molecule has 6 nitrogen and oxygen atoms in total. The molecule has 2 aromatic rings. The first-order chi connectivity index (χ1) is 10.9. The highest BCUT2D eigenvalue weighted by molar-refractivity contribution is 6.31. The molecule has 0 atom stereocenters. The Morgan fingerprint density at radius 2 is 2.00 bits per heavy atom. The van der Waals surface area contributed by atoms with Gasteiger partial charge in [-0.2, -0.15) is 0 Å². The van der Waals surface area contributed by atoms with E-state index in [0.29, 0.717) is 11.3 Å². The summed E-state index contributed by atoms with van der Waals surface area (Å²) in [6, 6.07) is 8.15. The third-order valence-corrected chi connectivity index (χ3v) is 3.24. The number of amides is 3. The number of carbonyl (C=O) groups is 2. The molecule has 0 unspecified atom stereocenters. The van der Waals surface area contributed by atoms with Crippen LogP contribution in [0.2, 0.25) is 5.02 Å². The summed E-state index contributed by atoms with van der Waals surface area (Å²) in [5.41, 5.74) is 5.60. The Hall–Kier alpha value is -2.80. The summed E-state index contributed by atoms with van der Waals surface area (Å²) in [4.78, 5) is 22.8. The lowest BCUT2D eigenvalue weighted by molar-refractivity contribution is 0.0944. The van der Waals surface area contributed by atoms with E-state index in [2.05, 4.69) is 10.6 Å². The Morgan fingerprint density at radius 1 is 1.26 bits per heavy atom. The van der Waals surface area contributed by atoms with Gasteiger partial charge in [-0.3, -0.25) is 4.79 Å². The summed E-state index contributed by atoms with van der Waals surface area (Å²) in [6.45, 7) is 0.0541. The van der Waals surface area contributed by atoms with Gasteiger partial charge in [0.05, 0.1) is 5.02 Å². The fraction of sp³-hybridized carbons (Fsp3) is 0.0667. The van der Waals surface area contributed by atoms with Crippen LogP contribution in [0.1, 0.15) is 15.9 Å². The SMILES string of the molecule is NC(=O)Nc1cccc(CNC(=O)c2c(O)ccc(Cl)c2F)c1. The number of phenols is 1. The number of nitrogens with two attached hydrogens (primary N) is 1. The molecule has 120 valence electrons. The molecule has 0 saturated carbocycles. The standard InChI is InChI=1S/C15H13ClFN3O3/c16-10-4-5-11(21)12(13(10)17)14(22)19-7-8-2-1-3-9(6-8)20-15(18)23/h1-6,21H,7H2,(H,19,22)(H3,18,20,23). The Balaban J connectivity index is 2.11. The number of hydrogen-bond acceptors (Lipinski definition) is 3. The summed E-state index contributed by atoms with van der Waals surface area (Å²) in [6.07, 6.45) is 0. The minimum atomic E-state index is -0.992. The number of benzene rings is 2. The fourth-order valence-electron chi connectivity index (χ4n) is 1.93. The molecule has 23 heavy (non-hydrogen) atoms. The zero-order valence-corrected chi connectivity index (χ0v) is 12.5. The van der Waals surface area contributed by atoms with Gasteiger partial charge in [0.1, 0.15) is 11.3 Å². The highest BCUT2D eigenvalue weighted by Gasteiger charge is 2.19. The van der Waals surface area contributed by atoms with E-state index in [1.54, 1.807) is 24.3 Å². The molecule has 0 radical (unpaired) electrons. The van der Waals surface area contributed by atoms with E-state index >= 15 is 0 Å². The molecular weight excluding hydrogens is 325 g/mol. The molecule has 0 aliphatic heterocycles. The van der Waals surface area contributed by atoms with Gasteiger partial charge >= 0.3 is 6.03 Å². The molecule has 3 amide bonds. The Bertz CT molecular complexity index is 768. The van der Waals surface area contributed by atoms with Crippen molar-refractivity contribution in [1.82, 2.24) is 5.32 Å². The molecule has 5 N–H and O–H groups in total. The van der Waals surface area contributed by atoms with Crippen LogP contribution in [-0.2, 0) is 6.54 Å². The lowest BCUT2D eigenvalue weighted by atomic mass is 10.1. The van der Waals surface area contributed by atoms with E-state index in [9.17, 15) is 19.1 Å². The van der Waals surface area contributed by atoms with Crippen molar-refractivity contribution in [2.45, 2.75) is 6.54 Å². The summed E-state index contributed by atoms with van der Waals surface area (Å²) in [5, 5.41) is 14.2. The predicted molar refractivity (Wildman–Crippen MR) is 83.9 cm³/mol. The number of carbonyl (C=O) groups excluding carboxylic acids is 2.